The minimum Gasteiger partial charge on any atom is -0.441 e. The number of oxazole rings is 1. The van der Waals surface area contributed by atoms with Gasteiger partial charge < -0.3 is 9.15 Å². The van der Waals surface area contributed by atoms with Gasteiger partial charge in [0.15, 0.2) is 11.5 Å². The first-order valence-electron chi connectivity index (χ1n) is 5.06. The summed E-state index contributed by atoms with van der Waals surface area (Å²) >= 11 is 0. The Labute approximate surface area is 89.1 Å². The van der Waals surface area contributed by atoms with Gasteiger partial charge in [-0.2, -0.15) is 0 Å². The third kappa shape index (κ3) is 2.02. The number of fused-ring (bicyclic) bond motifs is 1. The van der Waals surface area contributed by atoms with Crippen molar-refractivity contribution in [3.8, 4) is 0 Å². The van der Waals surface area contributed by atoms with E-state index in [1.54, 1.807) is 7.11 Å². The van der Waals surface area contributed by atoms with Crippen LogP contribution in [0.5, 0.6) is 0 Å². The maximum Gasteiger partial charge on any atom is 0.197 e. The van der Waals surface area contributed by atoms with Gasteiger partial charge in [0.2, 0.25) is 0 Å². The van der Waals surface area contributed by atoms with E-state index in [4.69, 9.17) is 9.15 Å². The number of hydrogen-bond acceptors (Lipinski definition) is 3. The fraction of sp³-hybridized carbons (Fsp3) is 0.417. The van der Waals surface area contributed by atoms with Gasteiger partial charge in [-0.05, 0) is 37.1 Å². The van der Waals surface area contributed by atoms with E-state index in [0.29, 0.717) is 6.61 Å². The van der Waals surface area contributed by atoms with Crippen LogP contribution in [0.1, 0.15) is 17.0 Å². The zero-order valence-corrected chi connectivity index (χ0v) is 9.33. The average molecular weight is 205 g/mol. The standard InChI is InChI=1S/C12H15NO2/c1-8-6-10-11(7-9(8)2)15-12(13-10)4-5-14-3/h6-7H,4-5H2,1-3H3. The molecule has 0 amide bonds. The molecule has 0 unspecified atom stereocenters. The normalized spacial score (nSPS) is 11.1. The zero-order chi connectivity index (χ0) is 10.8. The Kier molecular flexibility index (Phi) is 2.73. The van der Waals surface area contributed by atoms with Gasteiger partial charge in [0.25, 0.3) is 0 Å². The van der Waals surface area contributed by atoms with Gasteiger partial charge in [0.05, 0.1) is 6.61 Å². The van der Waals surface area contributed by atoms with Gasteiger partial charge in [-0.3, -0.25) is 0 Å². The molecule has 0 aliphatic rings. The number of nitrogens with zero attached hydrogens (tertiary/aromatic N) is 1. The van der Waals surface area contributed by atoms with Crippen molar-refractivity contribution in [2.24, 2.45) is 0 Å². The van der Waals surface area contributed by atoms with Crippen molar-refractivity contribution in [3.63, 3.8) is 0 Å². The van der Waals surface area contributed by atoms with Crippen molar-refractivity contribution in [1.29, 1.82) is 0 Å². The lowest BCUT2D eigenvalue weighted by atomic mass is 10.1. The molecular formula is C12H15NO2. The van der Waals surface area contributed by atoms with E-state index < -0.39 is 0 Å². The van der Waals surface area contributed by atoms with E-state index >= 15 is 0 Å². The summed E-state index contributed by atoms with van der Waals surface area (Å²) in [6.45, 7) is 4.80. The van der Waals surface area contributed by atoms with Crippen molar-refractivity contribution in [3.05, 3.63) is 29.2 Å². The van der Waals surface area contributed by atoms with Crippen LogP contribution >= 0.6 is 0 Å². The van der Waals surface area contributed by atoms with Crippen LogP contribution in [0.15, 0.2) is 16.5 Å². The number of hydrogen-bond donors (Lipinski definition) is 0. The van der Waals surface area contributed by atoms with E-state index in [9.17, 15) is 0 Å². The highest BCUT2D eigenvalue weighted by Crippen LogP contribution is 2.20. The Bertz CT molecular complexity index is 435. The van der Waals surface area contributed by atoms with Crippen LogP contribution in [0.3, 0.4) is 0 Å². The lowest BCUT2D eigenvalue weighted by Gasteiger charge is -1.96. The zero-order valence-electron chi connectivity index (χ0n) is 9.33. The Morgan fingerprint density at radius 3 is 2.73 bits per heavy atom. The summed E-state index contributed by atoms with van der Waals surface area (Å²) < 4.78 is 10.6. The third-order valence-corrected chi connectivity index (χ3v) is 2.57. The molecule has 0 aliphatic heterocycles. The topological polar surface area (TPSA) is 35.3 Å². The number of aromatic nitrogens is 1. The molecule has 1 aromatic heterocycles. The van der Waals surface area contributed by atoms with Crippen molar-refractivity contribution in [1.82, 2.24) is 4.98 Å². The maximum absolute atomic E-state index is 5.61. The molecule has 0 atom stereocenters. The quantitative estimate of drug-likeness (QED) is 0.772. The molecule has 2 rings (SSSR count). The molecular weight excluding hydrogens is 190 g/mol. The van der Waals surface area contributed by atoms with Gasteiger partial charge in [-0.15, -0.1) is 0 Å². The number of rotatable bonds is 3. The van der Waals surface area contributed by atoms with Gasteiger partial charge in [-0.1, -0.05) is 0 Å². The van der Waals surface area contributed by atoms with E-state index in [1.807, 2.05) is 6.07 Å². The predicted octanol–water partition coefficient (Wildman–Crippen LogP) is 2.63. The third-order valence-electron chi connectivity index (χ3n) is 2.57. The second-order valence-corrected chi connectivity index (χ2v) is 3.75. The molecule has 3 nitrogen and oxygen atoms in total. The summed E-state index contributed by atoms with van der Waals surface area (Å²) in [7, 11) is 1.68. The van der Waals surface area contributed by atoms with Gasteiger partial charge in [0.1, 0.15) is 5.52 Å². The van der Waals surface area contributed by atoms with E-state index in [-0.39, 0.29) is 0 Å². The second kappa shape index (κ2) is 4.03. The monoisotopic (exact) mass is 205 g/mol. The molecule has 1 heterocycles. The Hall–Kier alpha value is -1.35. The molecule has 0 saturated carbocycles. The minimum atomic E-state index is 0.644. The van der Waals surface area contributed by atoms with E-state index in [1.165, 1.54) is 11.1 Å². The lowest BCUT2D eigenvalue weighted by molar-refractivity contribution is 0.196. The molecule has 0 N–H and O–H groups in total. The van der Waals surface area contributed by atoms with Crippen LogP contribution in [0.2, 0.25) is 0 Å². The number of ether oxygens (including phenoxy) is 1. The summed E-state index contributed by atoms with van der Waals surface area (Å²) in [5.41, 5.74) is 4.28. The SMILES string of the molecule is COCCc1nc2cc(C)c(C)cc2o1. The van der Waals surface area contributed by atoms with Crippen LogP contribution in [0, 0.1) is 13.8 Å². The van der Waals surface area contributed by atoms with Gasteiger partial charge >= 0.3 is 0 Å². The lowest BCUT2D eigenvalue weighted by Crippen LogP contribution is -1.93. The fourth-order valence-electron chi connectivity index (χ4n) is 1.52. The van der Waals surface area contributed by atoms with E-state index in [2.05, 4.69) is 24.9 Å². The second-order valence-electron chi connectivity index (χ2n) is 3.75. The van der Waals surface area contributed by atoms with Crippen LogP contribution in [-0.2, 0) is 11.2 Å². The maximum atomic E-state index is 5.61. The fourth-order valence-corrected chi connectivity index (χ4v) is 1.52. The molecule has 0 aliphatic carbocycles. The van der Waals surface area contributed by atoms with Crippen molar-refractivity contribution in [2.45, 2.75) is 20.3 Å². The van der Waals surface area contributed by atoms with E-state index in [0.717, 1.165) is 23.4 Å². The molecule has 0 saturated heterocycles. The highest BCUT2D eigenvalue weighted by Gasteiger charge is 2.06. The molecule has 3 heteroatoms. The first kappa shape index (κ1) is 10.2. The number of methoxy groups -OCH3 is 1. The number of benzene rings is 1. The molecule has 0 fully saturated rings. The van der Waals surface area contributed by atoms with Crippen molar-refractivity contribution < 1.29 is 9.15 Å². The summed E-state index contributed by atoms with van der Waals surface area (Å²) in [4.78, 5) is 4.41. The highest BCUT2D eigenvalue weighted by molar-refractivity contribution is 5.74. The Morgan fingerprint density at radius 1 is 1.27 bits per heavy atom. The number of aryl methyl sites for hydroxylation is 2. The van der Waals surface area contributed by atoms with Crippen molar-refractivity contribution >= 4 is 11.1 Å². The summed E-state index contributed by atoms with van der Waals surface area (Å²) in [6.07, 6.45) is 0.725. The molecule has 1 aromatic carbocycles. The molecule has 80 valence electrons. The summed E-state index contributed by atoms with van der Waals surface area (Å²) in [6, 6.07) is 4.10. The molecule has 2 aromatic rings. The first-order valence-corrected chi connectivity index (χ1v) is 5.06. The van der Waals surface area contributed by atoms with Crippen LogP contribution in [0.25, 0.3) is 11.1 Å². The average Bonchev–Trinajstić information content (AvgIpc) is 2.58. The van der Waals surface area contributed by atoms with Gasteiger partial charge in [0, 0.05) is 13.5 Å². The van der Waals surface area contributed by atoms with Crippen LogP contribution in [-0.4, -0.2) is 18.7 Å². The van der Waals surface area contributed by atoms with Crippen LogP contribution < -0.4 is 0 Å². The predicted molar refractivity (Wildman–Crippen MR) is 59.1 cm³/mol. The molecule has 0 bridgehead atoms. The first-order chi connectivity index (χ1) is 7.20. The Balaban J connectivity index is 2.38. The smallest absolute Gasteiger partial charge is 0.197 e. The summed E-state index contributed by atoms with van der Waals surface area (Å²) in [5.74, 6) is 0.747. The van der Waals surface area contributed by atoms with Crippen LogP contribution in [0.4, 0.5) is 0 Å². The Morgan fingerprint density at radius 2 is 2.00 bits per heavy atom. The molecule has 15 heavy (non-hydrogen) atoms. The summed E-state index contributed by atoms with van der Waals surface area (Å²) in [5, 5.41) is 0. The molecule has 0 spiro atoms. The van der Waals surface area contributed by atoms with Crippen molar-refractivity contribution in [2.75, 3.05) is 13.7 Å². The molecule has 0 radical (unpaired) electrons. The largest absolute Gasteiger partial charge is 0.441 e. The minimum absolute atomic E-state index is 0.644. The highest BCUT2D eigenvalue weighted by atomic mass is 16.5. The van der Waals surface area contributed by atoms with Gasteiger partial charge in [-0.25, -0.2) is 4.98 Å².